The largest absolute Gasteiger partial charge is 0.379 e. The van der Waals surface area contributed by atoms with Gasteiger partial charge in [-0.2, -0.15) is 0 Å². The Hall–Kier alpha value is -2.75. The van der Waals surface area contributed by atoms with E-state index < -0.39 is 29.6 Å². The summed E-state index contributed by atoms with van der Waals surface area (Å²) in [7, 11) is 0. The van der Waals surface area contributed by atoms with Gasteiger partial charge in [0.05, 0.1) is 31.2 Å². The smallest absolute Gasteiger partial charge is 0.246 e. The number of nitrogens with zero attached hydrogens (tertiary/aromatic N) is 2. The number of likely N-dealkylation sites (tertiary alicyclic amines) is 1. The molecule has 3 saturated heterocycles. The Kier molecular flexibility index (Phi) is 8.21. The molecule has 222 valence electrons. The molecule has 2 N–H and O–H groups in total. The first-order valence-electron chi connectivity index (χ1n) is 15.6. The number of anilines is 1. The monoisotopic (exact) mass is 564 g/mol. The maximum Gasteiger partial charge on any atom is 0.246 e. The highest BCUT2D eigenvalue weighted by Crippen LogP contribution is 2.55. The number of rotatable bonds is 9. The zero-order chi connectivity index (χ0) is 28.6. The van der Waals surface area contributed by atoms with Crippen LogP contribution in [-0.4, -0.2) is 90.7 Å². The molecule has 41 heavy (non-hydrogen) atoms. The van der Waals surface area contributed by atoms with Gasteiger partial charge in [0.25, 0.3) is 0 Å². The molecule has 0 radical (unpaired) electrons. The van der Waals surface area contributed by atoms with Crippen molar-refractivity contribution in [3.05, 3.63) is 42.0 Å². The third-order valence-corrected chi connectivity index (χ3v) is 9.70. The van der Waals surface area contributed by atoms with Crippen molar-refractivity contribution in [3.8, 4) is 0 Å². The highest BCUT2D eigenvalue weighted by atomic mass is 16.5. The Labute approximate surface area is 243 Å². The van der Waals surface area contributed by atoms with Gasteiger partial charge in [0.2, 0.25) is 17.7 Å². The van der Waals surface area contributed by atoms with E-state index in [0.29, 0.717) is 18.2 Å². The minimum Gasteiger partial charge on any atom is -0.379 e. The van der Waals surface area contributed by atoms with Crippen molar-refractivity contribution >= 4 is 23.4 Å². The zero-order valence-corrected chi connectivity index (χ0v) is 24.3. The van der Waals surface area contributed by atoms with Crippen molar-refractivity contribution in [2.75, 3.05) is 44.7 Å². The fraction of sp³-hybridized carbons (Fsp3) is 0.656. The van der Waals surface area contributed by atoms with Crippen molar-refractivity contribution in [2.24, 2.45) is 11.8 Å². The molecular weight excluding hydrogens is 520 g/mol. The molecule has 3 amide bonds. The predicted octanol–water partition coefficient (Wildman–Crippen LogP) is 3.07. The van der Waals surface area contributed by atoms with Gasteiger partial charge < -0.3 is 25.0 Å². The Bertz CT molecular complexity index is 1160. The molecule has 5 aliphatic rings. The topological polar surface area (TPSA) is 100 Å². The van der Waals surface area contributed by atoms with E-state index in [1.54, 1.807) is 4.90 Å². The van der Waals surface area contributed by atoms with E-state index in [0.717, 1.165) is 65.0 Å². The minimum absolute atomic E-state index is 0.118. The summed E-state index contributed by atoms with van der Waals surface area (Å²) in [6.07, 6.45) is 9.31. The van der Waals surface area contributed by atoms with Crippen molar-refractivity contribution in [1.29, 1.82) is 0 Å². The van der Waals surface area contributed by atoms with Crippen LogP contribution < -0.4 is 10.6 Å². The van der Waals surface area contributed by atoms with Gasteiger partial charge in [-0.1, -0.05) is 57.4 Å². The maximum atomic E-state index is 14.2. The summed E-state index contributed by atoms with van der Waals surface area (Å²) >= 11 is 0. The molecule has 1 saturated carbocycles. The lowest BCUT2D eigenvalue weighted by Crippen LogP contribution is -2.56. The van der Waals surface area contributed by atoms with Crippen molar-refractivity contribution in [2.45, 2.75) is 82.1 Å². The second-order valence-corrected chi connectivity index (χ2v) is 12.6. The van der Waals surface area contributed by atoms with Crippen molar-refractivity contribution < 1.29 is 23.9 Å². The number of fused-ring (bicyclic) bond motifs is 1. The molecule has 9 nitrogen and oxygen atoms in total. The van der Waals surface area contributed by atoms with Gasteiger partial charge in [-0.3, -0.25) is 19.3 Å². The first-order valence-corrected chi connectivity index (χ1v) is 15.6. The lowest BCUT2D eigenvalue weighted by molar-refractivity contribution is -0.141. The number of hydrogen-bond donors (Lipinski definition) is 2. The molecule has 1 spiro atoms. The second-order valence-electron chi connectivity index (χ2n) is 12.6. The number of nitrogens with one attached hydrogen (secondary N) is 2. The van der Waals surface area contributed by atoms with Gasteiger partial charge in [0.1, 0.15) is 11.6 Å². The van der Waals surface area contributed by atoms with Crippen molar-refractivity contribution in [1.82, 2.24) is 15.1 Å². The molecule has 2 bridgehead atoms. The number of ether oxygens (including phenoxy) is 2. The molecule has 6 rings (SSSR count). The van der Waals surface area contributed by atoms with Crippen LogP contribution in [-0.2, 0) is 23.9 Å². The SMILES string of the molecule is CC(C)c1ccc(NC(=O)C2[C@@H]3C=CC4(O3)C(C(=O)NC3CCCCC3)N(CCCN3CCOCC3)C(=O)[C@H]24)cc1. The highest BCUT2D eigenvalue weighted by Gasteiger charge is 2.72. The van der Waals surface area contributed by atoms with E-state index in [2.05, 4.69) is 29.4 Å². The lowest BCUT2D eigenvalue weighted by Gasteiger charge is -2.34. The van der Waals surface area contributed by atoms with E-state index in [9.17, 15) is 14.4 Å². The van der Waals surface area contributed by atoms with Crippen LogP contribution in [0.25, 0.3) is 0 Å². The third kappa shape index (κ3) is 5.44. The molecule has 5 atom stereocenters. The van der Waals surface area contributed by atoms with E-state index in [4.69, 9.17) is 9.47 Å². The van der Waals surface area contributed by atoms with Crippen molar-refractivity contribution in [3.63, 3.8) is 0 Å². The zero-order valence-electron chi connectivity index (χ0n) is 24.3. The average molecular weight is 565 g/mol. The van der Waals surface area contributed by atoms with Crippen LogP contribution >= 0.6 is 0 Å². The number of morpholine rings is 1. The van der Waals surface area contributed by atoms with Crippen LogP contribution in [0.15, 0.2) is 36.4 Å². The van der Waals surface area contributed by atoms with E-state index in [-0.39, 0.29) is 23.8 Å². The van der Waals surface area contributed by atoms with Gasteiger partial charge in [-0.25, -0.2) is 0 Å². The molecule has 1 aliphatic carbocycles. The second kappa shape index (κ2) is 11.9. The Balaban J connectivity index is 1.22. The first-order chi connectivity index (χ1) is 19.9. The fourth-order valence-corrected chi connectivity index (χ4v) is 7.50. The predicted molar refractivity (Wildman–Crippen MR) is 155 cm³/mol. The maximum absolute atomic E-state index is 14.2. The number of hydrogen-bond acceptors (Lipinski definition) is 6. The molecule has 4 heterocycles. The Morgan fingerprint density at radius 2 is 1.76 bits per heavy atom. The standard InChI is InChI=1S/C32H44N4O5/c1-21(2)22-9-11-24(12-10-22)33-29(37)26-25-13-14-32(41-25)27(26)31(39)36(16-6-15-35-17-19-40-20-18-35)28(32)30(38)34-23-7-4-3-5-8-23/h9-14,21,23,25-28H,3-8,15-20H2,1-2H3,(H,33,37)(H,34,38)/t25-,26?,27-,28?,32?/m0/s1. The summed E-state index contributed by atoms with van der Waals surface area (Å²) in [5.74, 6) is -1.57. The molecule has 1 aromatic rings. The average Bonchev–Trinajstić information content (AvgIpc) is 3.62. The van der Waals surface area contributed by atoms with Crippen LogP contribution in [0.1, 0.15) is 63.9 Å². The summed E-state index contributed by atoms with van der Waals surface area (Å²) in [5.41, 5.74) is 0.765. The number of amides is 3. The highest BCUT2D eigenvalue weighted by molar-refractivity contribution is 6.02. The molecule has 9 heteroatoms. The quantitative estimate of drug-likeness (QED) is 0.448. The van der Waals surface area contributed by atoms with Gasteiger partial charge in [-0.15, -0.1) is 0 Å². The molecule has 0 aromatic heterocycles. The van der Waals surface area contributed by atoms with Gasteiger partial charge in [-0.05, 0) is 42.9 Å². The number of benzene rings is 1. The molecule has 4 aliphatic heterocycles. The molecule has 3 unspecified atom stereocenters. The number of carbonyl (C=O) groups is 3. The van der Waals surface area contributed by atoms with E-state index in [1.807, 2.05) is 36.4 Å². The normalized spacial score (nSPS) is 31.6. The summed E-state index contributed by atoms with van der Waals surface area (Å²) in [4.78, 5) is 45.9. The third-order valence-electron chi connectivity index (χ3n) is 9.70. The van der Waals surface area contributed by atoms with Gasteiger partial charge in [0, 0.05) is 37.9 Å². The van der Waals surface area contributed by atoms with E-state index in [1.165, 1.54) is 12.0 Å². The summed E-state index contributed by atoms with van der Waals surface area (Å²) in [6, 6.07) is 7.18. The number of carbonyl (C=O) groups excluding carboxylic acids is 3. The first kappa shape index (κ1) is 28.4. The fourth-order valence-electron chi connectivity index (χ4n) is 7.50. The van der Waals surface area contributed by atoms with E-state index >= 15 is 0 Å². The summed E-state index contributed by atoms with van der Waals surface area (Å²) in [6.45, 7) is 8.73. The van der Waals surface area contributed by atoms with Gasteiger partial charge in [0.15, 0.2) is 0 Å². The molecule has 1 aromatic carbocycles. The van der Waals surface area contributed by atoms with Crippen LogP contribution in [0.5, 0.6) is 0 Å². The molecular formula is C32H44N4O5. The van der Waals surface area contributed by atoms with Crippen LogP contribution in [0.4, 0.5) is 5.69 Å². The van der Waals surface area contributed by atoms with Crippen LogP contribution in [0, 0.1) is 11.8 Å². The molecule has 4 fully saturated rings. The minimum atomic E-state index is -1.12. The Morgan fingerprint density at radius 1 is 1.02 bits per heavy atom. The van der Waals surface area contributed by atoms with Gasteiger partial charge >= 0.3 is 0 Å². The lowest BCUT2D eigenvalue weighted by atomic mass is 9.74. The summed E-state index contributed by atoms with van der Waals surface area (Å²) in [5, 5.41) is 6.30. The Morgan fingerprint density at radius 3 is 2.46 bits per heavy atom. The van der Waals surface area contributed by atoms with Crippen LogP contribution in [0.3, 0.4) is 0 Å². The summed E-state index contributed by atoms with van der Waals surface area (Å²) < 4.78 is 12.0. The van der Waals surface area contributed by atoms with Crippen LogP contribution in [0.2, 0.25) is 0 Å².